The Balaban J connectivity index is 1.72. The third-order valence-corrected chi connectivity index (χ3v) is 6.61. The standard InChI is InChI=1S/C18H15F6N3O3S/c19-10-3-5-11(6-4-10)31(29,30)27-7-1-2-9(8-27)18(28)26-25-17-15(23)13(21)12(20)14(22)16(17)24/h3-6,9,25H,1-2,7-8H2,(H,26,28)/t9-/m1/s1. The molecule has 1 atom stereocenters. The van der Waals surface area contributed by atoms with Crippen molar-refractivity contribution in [3.8, 4) is 0 Å². The molecule has 1 aliphatic heterocycles. The molecule has 2 aromatic rings. The lowest BCUT2D eigenvalue weighted by Crippen LogP contribution is -2.46. The molecule has 1 amide bonds. The summed E-state index contributed by atoms with van der Waals surface area (Å²) in [6.45, 7) is -0.223. The number of sulfonamides is 1. The normalized spacial score (nSPS) is 17.4. The summed E-state index contributed by atoms with van der Waals surface area (Å²) in [5, 5.41) is 0. The minimum Gasteiger partial charge on any atom is -0.293 e. The van der Waals surface area contributed by atoms with Gasteiger partial charge in [-0.1, -0.05) is 0 Å². The second-order valence-corrected chi connectivity index (χ2v) is 8.65. The second-order valence-electron chi connectivity index (χ2n) is 6.72. The van der Waals surface area contributed by atoms with Gasteiger partial charge in [0.15, 0.2) is 23.3 Å². The van der Waals surface area contributed by atoms with Crippen LogP contribution in [0.4, 0.5) is 32.0 Å². The number of piperidine rings is 1. The fourth-order valence-corrected chi connectivity index (χ4v) is 4.59. The van der Waals surface area contributed by atoms with Gasteiger partial charge in [0.25, 0.3) is 0 Å². The molecule has 1 saturated heterocycles. The van der Waals surface area contributed by atoms with Crippen LogP contribution in [-0.2, 0) is 14.8 Å². The molecular weight excluding hydrogens is 452 g/mol. The number of nitrogens with zero attached hydrogens (tertiary/aromatic N) is 1. The smallest absolute Gasteiger partial charge is 0.243 e. The highest BCUT2D eigenvalue weighted by Gasteiger charge is 2.34. The highest BCUT2D eigenvalue weighted by Crippen LogP contribution is 2.27. The molecule has 0 aromatic heterocycles. The van der Waals surface area contributed by atoms with Gasteiger partial charge < -0.3 is 0 Å². The average molecular weight is 467 g/mol. The lowest BCUT2D eigenvalue weighted by atomic mass is 9.99. The molecule has 0 aliphatic carbocycles. The molecule has 6 nitrogen and oxygen atoms in total. The molecule has 0 saturated carbocycles. The van der Waals surface area contributed by atoms with E-state index >= 15 is 0 Å². The summed E-state index contributed by atoms with van der Waals surface area (Å²) >= 11 is 0. The van der Waals surface area contributed by atoms with E-state index in [9.17, 15) is 39.6 Å². The van der Waals surface area contributed by atoms with Gasteiger partial charge in [0.05, 0.1) is 10.8 Å². The van der Waals surface area contributed by atoms with Crippen molar-refractivity contribution in [1.82, 2.24) is 9.73 Å². The van der Waals surface area contributed by atoms with Gasteiger partial charge in [0, 0.05) is 13.1 Å². The Hall–Kier alpha value is -2.80. The number of nitrogens with one attached hydrogen (secondary N) is 2. The summed E-state index contributed by atoms with van der Waals surface area (Å²) in [6, 6.07) is 4.07. The Morgan fingerprint density at radius 2 is 1.45 bits per heavy atom. The molecule has 2 N–H and O–H groups in total. The fourth-order valence-electron chi connectivity index (χ4n) is 3.07. The first-order valence-electron chi connectivity index (χ1n) is 8.87. The van der Waals surface area contributed by atoms with Gasteiger partial charge in [-0.2, -0.15) is 4.31 Å². The van der Waals surface area contributed by atoms with Crippen molar-refractivity contribution in [3.05, 3.63) is 59.2 Å². The van der Waals surface area contributed by atoms with E-state index in [1.165, 1.54) is 0 Å². The first-order valence-corrected chi connectivity index (χ1v) is 10.3. The lowest BCUT2D eigenvalue weighted by molar-refractivity contribution is -0.125. The van der Waals surface area contributed by atoms with Crippen molar-refractivity contribution in [2.24, 2.45) is 5.92 Å². The molecule has 3 rings (SSSR count). The van der Waals surface area contributed by atoms with Crippen LogP contribution in [0.15, 0.2) is 29.2 Å². The lowest BCUT2D eigenvalue weighted by Gasteiger charge is -2.31. The Bertz CT molecular complexity index is 1080. The van der Waals surface area contributed by atoms with Gasteiger partial charge in [-0.25, -0.2) is 34.8 Å². The van der Waals surface area contributed by atoms with Crippen LogP contribution in [0.25, 0.3) is 0 Å². The Morgan fingerprint density at radius 3 is 2.03 bits per heavy atom. The molecule has 168 valence electrons. The molecule has 0 spiro atoms. The van der Waals surface area contributed by atoms with E-state index in [0.717, 1.165) is 28.6 Å². The van der Waals surface area contributed by atoms with Crippen molar-refractivity contribution in [3.63, 3.8) is 0 Å². The van der Waals surface area contributed by atoms with Gasteiger partial charge in [-0.05, 0) is 37.1 Å². The number of anilines is 1. The number of hydrogen-bond acceptors (Lipinski definition) is 4. The number of benzene rings is 2. The van der Waals surface area contributed by atoms with Crippen molar-refractivity contribution in [1.29, 1.82) is 0 Å². The number of hydrogen-bond donors (Lipinski definition) is 2. The molecule has 1 heterocycles. The van der Waals surface area contributed by atoms with E-state index in [0.29, 0.717) is 0 Å². The summed E-state index contributed by atoms with van der Waals surface area (Å²) in [4.78, 5) is 12.1. The quantitative estimate of drug-likeness (QED) is 0.307. The Morgan fingerprint density at radius 1 is 0.903 bits per heavy atom. The fraction of sp³-hybridized carbons (Fsp3) is 0.278. The van der Waals surface area contributed by atoms with E-state index in [1.807, 2.05) is 5.43 Å². The van der Waals surface area contributed by atoms with Crippen molar-refractivity contribution < 1.29 is 39.6 Å². The summed E-state index contributed by atoms with van der Waals surface area (Å²) in [6.07, 6.45) is 0.473. The highest BCUT2D eigenvalue weighted by atomic mass is 32.2. The number of amides is 1. The monoisotopic (exact) mass is 467 g/mol. The molecule has 0 radical (unpaired) electrons. The number of hydrazine groups is 1. The van der Waals surface area contributed by atoms with Crippen molar-refractivity contribution in [2.45, 2.75) is 17.7 Å². The van der Waals surface area contributed by atoms with Gasteiger partial charge in [-0.3, -0.25) is 15.6 Å². The maximum absolute atomic E-state index is 13.7. The van der Waals surface area contributed by atoms with Crippen LogP contribution in [0.2, 0.25) is 0 Å². The molecule has 0 bridgehead atoms. The topological polar surface area (TPSA) is 78.5 Å². The number of carbonyl (C=O) groups excluding carboxylic acids is 1. The van der Waals surface area contributed by atoms with E-state index in [-0.39, 0.29) is 30.8 Å². The maximum atomic E-state index is 13.7. The van der Waals surface area contributed by atoms with Crippen LogP contribution in [-0.4, -0.2) is 31.7 Å². The summed E-state index contributed by atoms with van der Waals surface area (Å²) in [5.74, 6) is -13.6. The molecule has 1 aliphatic rings. The third-order valence-electron chi connectivity index (χ3n) is 4.73. The summed E-state index contributed by atoms with van der Waals surface area (Å²) in [5.41, 5.74) is 2.07. The predicted octanol–water partition coefficient (Wildman–Crippen LogP) is 3.07. The predicted molar refractivity (Wildman–Crippen MR) is 95.9 cm³/mol. The first kappa shape index (κ1) is 22.9. The number of rotatable bonds is 5. The molecular formula is C18H15F6N3O3S. The third kappa shape index (κ3) is 4.46. The minimum atomic E-state index is -4.04. The van der Waals surface area contributed by atoms with Gasteiger partial charge in [-0.15, -0.1) is 0 Å². The summed E-state index contributed by atoms with van der Waals surface area (Å²) < 4.78 is 106. The van der Waals surface area contributed by atoms with Gasteiger partial charge in [0.2, 0.25) is 21.7 Å². The minimum absolute atomic E-state index is 0.0779. The molecule has 1 fully saturated rings. The first-order chi connectivity index (χ1) is 14.5. The second kappa shape index (κ2) is 8.75. The highest BCUT2D eigenvalue weighted by molar-refractivity contribution is 7.89. The van der Waals surface area contributed by atoms with Crippen LogP contribution in [0.1, 0.15) is 12.8 Å². The maximum Gasteiger partial charge on any atom is 0.243 e. The molecule has 2 aromatic carbocycles. The van der Waals surface area contributed by atoms with E-state index in [1.54, 1.807) is 5.43 Å². The largest absolute Gasteiger partial charge is 0.293 e. The van der Waals surface area contributed by atoms with Crippen molar-refractivity contribution >= 4 is 21.6 Å². The SMILES string of the molecule is O=C(NNc1c(F)c(F)c(F)c(F)c1F)[C@@H]1CCCN(S(=O)(=O)c2ccc(F)cc2)C1. The van der Waals surface area contributed by atoms with Gasteiger partial charge in [0.1, 0.15) is 11.5 Å². The van der Waals surface area contributed by atoms with E-state index in [2.05, 4.69) is 0 Å². The molecule has 31 heavy (non-hydrogen) atoms. The van der Waals surface area contributed by atoms with E-state index in [4.69, 9.17) is 0 Å². The number of carbonyl (C=O) groups is 1. The zero-order valence-corrected chi connectivity index (χ0v) is 16.4. The summed E-state index contributed by atoms with van der Waals surface area (Å²) in [7, 11) is -4.04. The van der Waals surface area contributed by atoms with Crippen LogP contribution in [0.3, 0.4) is 0 Å². The van der Waals surface area contributed by atoms with Crippen LogP contribution >= 0.6 is 0 Å². The van der Waals surface area contributed by atoms with Gasteiger partial charge >= 0.3 is 0 Å². The van der Waals surface area contributed by atoms with E-state index < -0.39 is 62.4 Å². The van der Waals surface area contributed by atoms with Crippen LogP contribution in [0, 0.1) is 40.8 Å². The molecule has 0 unspecified atom stereocenters. The Kier molecular flexibility index (Phi) is 6.46. The number of halogens is 6. The zero-order valence-electron chi connectivity index (χ0n) is 15.6. The Labute approximate surface area is 172 Å². The van der Waals surface area contributed by atoms with Crippen molar-refractivity contribution in [2.75, 3.05) is 18.5 Å². The van der Waals surface area contributed by atoms with Crippen LogP contribution in [0.5, 0.6) is 0 Å². The average Bonchev–Trinajstić information content (AvgIpc) is 2.76. The molecule has 13 heteroatoms. The van der Waals surface area contributed by atoms with Crippen LogP contribution < -0.4 is 10.9 Å². The zero-order chi connectivity index (χ0) is 22.9.